The predicted molar refractivity (Wildman–Crippen MR) is 72.9 cm³/mol. The van der Waals surface area contributed by atoms with E-state index in [1.54, 1.807) is 18.2 Å². The second-order valence-electron chi connectivity index (χ2n) is 5.03. The molecule has 0 atom stereocenters. The van der Waals surface area contributed by atoms with Crippen molar-refractivity contribution in [2.75, 3.05) is 5.32 Å². The van der Waals surface area contributed by atoms with Crippen LogP contribution in [0, 0.1) is 16.0 Å². The number of amides is 1. The van der Waals surface area contributed by atoms with E-state index in [2.05, 4.69) is 5.32 Å². The highest BCUT2D eigenvalue weighted by Crippen LogP contribution is 2.28. The third-order valence-electron chi connectivity index (χ3n) is 3.57. The van der Waals surface area contributed by atoms with Crippen LogP contribution in [0.1, 0.15) is 38.5 Å². The number of nitro groups is 1. The molecule has 1 amide bonds. The van der Waals surface area contributed by atoms with Crippen molar-refractivity contribution < 1.29 is 9.72 Å². The first-order chi connectivity index (χ1) is 9.16. The van der Waals surface area contributed by atoms with Gasteiger partial charge in [0.25, 0.3) is 5.69 Å². The van der Waals surface area contributed by atoms with Crippen molar-refractivity contribution in [3.8, 4) is 0 Å². The van der Waals surface area contributed by atoms with Gasteiger partial charge in [0.15, 0.2) is 0 Å². The van der Waals surface area contributed by atoms with Gasteiger partial charge in [0.2, 0.25) is 5.91 Å². The lowest BCUT2D eigenvalue weighted by atomic mass is 9.87. The first-order valence-electron chi connectivity index (χ1n) is 6.70. The van der Waals surface area contributed by atoms with E-state index in [0.29, 0.717) is 12.3 Å². The zero-order valence-electron chi connectivity index (χ0n) is 10.8. The Morgan fingerprint density at radius 1 is 1.26 bits per heavy atom. The number of nitrogens with zero attached hydrogens (tertiary/aromatic N) is 1. The Balaban J connectivity index is 1.96. The van der Waals surface area contributed by atoms with Gasteiger partial charge in [0.05, 0.1) is 4.92 Å². The van der Waals surface area contributed by atoms with E-state index >= 15 is 0 Å². The van der Waals surface area contributed by atoms with Gasteiger partial charge in [-0.1, -0.05) is 31.4 Å². The van der Waals surface area contributed by atoms with Crippen LogP contribution in [-0.4, -0.2) is 10.8 Å². The molecule has 5 heteroatoms. The Hall–Kier alpha value is -1.91. The van der Waals surface area contributed by atoms with Gasteiger partial charge in [-0.05, 0) is 24.8 Å². The molecule has 0 spiro atoms. The number of hydrogen-bond acceptors (Lipinski definition) is 3. The van der Waals surface area contributed by atoms with E-state index in [1.807, 2.05) is 0 Å². The molecule has 1 aromatic carbocycles. The highest BCUT2D eigenvalue weighted by atomic mass is 16.6. The molecule has 1 N–H and O–H groups in total. The molecule has 0 aliphatic heterocycles. The molecule has 0 radical (unpaired) electrons. The van der Waals surface area contributed by atoms with E-state index in [4.69, 9.17) is 0 Å². The van der Waals surface area contributed by atoms with E-state index < -0.39 is 4.92 Å². The summed E-state index contributed by atoms with van der Waals surface area (Å²) in [5.74, 6) is 0.303. The molecule has 0 saturated heterocycles. The van der Waals surface area contributed by atoms with Gasteiger partial charge in [0.1, 0.15) is 5.69 Å². The summed E-state index contributed by atoms with van der Waals surface area (Å²) in [6, 6.07) is 6.24. The molecule has 2 rings (SSSR count). The summed E-state index contributed by atoms with van der Waals surface area (Å²) in [5, 5.41) is 13.5. The fraction of sp³-hybridized carbons (Fsp3) is 0.500. The summed E-state index contributed by atoms with van der Waals surface area (Å²) in [5.41, 5.74) is 0.229. The Labute approximate surface area is 112 Å². The number of para-hydroxylation sites is 2. The number of rotatable bonds is 4. The Morgan fingerprint density at radius 2 is 1.95 bits per heavy atom. The van der Waals surface area contributed by atoms with E-state index in [9.17, 15) is 14.9 Å². The number of carbonyl (C=O) groups is 1. The van der Waals surface area contributed by atoms with Gasteiger partial charge in [-0.15, -0.1) is 0 Å². The van der Waals surface area contributed by atoms with Gasteiger partial charge in [-0.25, -0.2) is 0 Å². The lowest BCUT2D eigenvalue weighted by Gasteiger charge is -2.20. The van der Waals surface area contributed by atoms with Crippen LogP contribution >= 0.6 is 0 Å². The molecule has 0 aromatic heterocycles. The van der Waals surface area contributed by atoms with Crippen LogP contribution in [0.5, 0.6) is 0 Å². The average Bonchev–Trinajstić information content (AvgIpc) is 2.40. The number of benzene rings is 1. The van der Waals surface area contributed by atoms with Crippen molar-refractivity contribution in [2.24, 2.45) is 5.92 Å². The minimum Gasteiger partial charge on any atom is -0.320 e. The average molecular weight is 262 g/mol. The van der Waals surface area contributed by atoms with E-state index in [1.165, 1.54) is 25.3 Å². The molecule has 0 heterocycles. The number of hydrogen-bond donors (Lipinski definition) is 1. The maximum absolute atomic E-state index is 11.9. The monoisotopic (exact) mass is 262 g/mol. The Kier molecular flexibility index (Phi) is 4.49. The van der Waals surface area contributed by atoms with Gasteiger partial charge >= 0.3 is 0 Å². The summed E-state index contributed by atoms with van der Waals surface area (Å²) in [6.45, 7) is 0. The summed E-state index contributed by atoms with van der Waals surface area (Å²) >= 11 is 0. The molecule has 1 aliphatic carbocycles. The van der Waals surface area contributed by atoms with Gasteiger partial charge in [-0.3, -0.25) is 14.9 Å². The highest BCUT2D eigenvalue weighted by Gasteiger charge is 2.19. The lowest BCUT2D eigenvalue weighted by Crippen LogP contribution is -2.18. The summed E-state index contributed by atoms with van der Waals surface area (Å²) in [7, 11) is 0. The normalized spacial score (nSPS) is 16.0. The quantitative estimate of drug-likeness (QED) is 0.666. The molecule has 1 fully saturated rings. The summed E-state index contributed by atoms with van der Waals surface area (Å²) in [4.78, 5) is 22.3. The first kappa shape index (κ1) is 13.5. The van der Waals surface area contributed by atoms with Gasteiger partial charge < -0.3 is 5.32 Å². The van der Waals surface area contributed by atoms with Crippen LogP contribution in [0.15, 0.2) is 24.3 Å². The third kappa shape index (κ3) is 3.77. The minimum atomic E-state index is -0.476. The lowest BCUT2D eigenvalue weighted by molar-refractivity contribution is -0.383. The summed E-state index contributed by atoms with van der Waals surface area (Å²) in [6.07, 6.45) is 6.26. The molecule has 1 aromatic rings. The largest absolute Gasteiger partial charge is 0.320 e. The minimum absolute atomic E-state index is 0.0560. The molecule has 19 heavy (non-hydrogen) atoms. The zero-order chi connectivity index (χ0) is 13.7. The second kappa shape index (κ2) is 6.31. The molecule has 102 valence electrons. The number of carbonyl (C=O) groups excluding carboxylic acids is 1. The molecule has 5 nitrogen and oxygen atoms in total. The second-order valence-corrected chi connectivity index (χ2v) is 5.03. The molecule has 1 saturated carbocycles. The maximum Gasteiger partial charge on any atom is 0.292 e. The van der Waals surface area contributed by atoms with Gasteiger partial charge in [-0.2, -0.15) is 0 Å². The zero-order valence-corrected chi connectivity index (χ0v) is 10.8. The van der Waals surface area contributed by atoms with Crippen molar-refractivity contribution in [1.82, 2.24) is 0 Å². The summed E-state index contributed by atoms with van der Waals surface area (Å²) < 4.78 is 0. The van der Waals surface area contributed by atoms with Crippen molar-refractivity contribution >= 4 is 17.3 Å². The number of nitrogens with one attached hydrogen (secondary N) is 1. The van der Waals surface area contributed by atoms with Gasteiger partial charge in [0, 0.05) is 12.5 Å². The SMILES string of the molecule is O=C(CC1CCCCC1)Nc1ccccc1[N+](=O)[O-]. The van der Waals surface area contributed by atoms with Crippen molar-refractivity contribution in [3.05, 3.63) is 34.4 Å². The van der Waals surface area contributed by atoms with Crippen molar-refractivity contribution in [3.63, 3.8) is 0 Å². The standard InChI is InChI=1S/C14H18N2O3/c17-14(10-11-6-2-1-3-7-11)15-12-8-4-5-9-13(12)16(18)19/h4-5,8-9,11H,1-3,6-7,10H2,(H,15,17). The predicted octanol–water partition coefficient (Wildman–Crippen LogP) is 3.50. The molecular formula is C14H18N2O3. The molecular weight excluding hydrogens is 244 g/mol. The molecule has 1 aliphatic rings. The Bertz CT molecular complexity index is 468. The van der Waals surface area contributed by atoms with Crippen LogP contribution < -0.4 is 5.32 Å². The highest BCUT2D eigenvalue weighted by molar-refractivity contribution is 5.93. The van der Waals surface area contributed by atoms with Crippen molar-refractivity contribution in [1.29, 1.82) is 0 Å². The van der Waals surface area contributed by atoms with Crippen LogP contribution in [0.25, 0.3) is 0 Å². The number of nitro benzene ring substituents is 1. The molecule has 0 bridgehead atoms. The first-order valence-corrected chi connectivity index (χ1v) is 6.70. The van der Waals surface area contributed by atoms with Crippen LogP contribution in [0.3, 0.4) is 0 Å². The fourth-order valence-electron chi connectivity index (χ4n) is 2.59. The van der Waals surface area contributed by atoms with E-state index in [0.717, 1.165) is 12.8 Å². The van der Waals surface area contributed by atoms with Crippen LogP contribution in [-0.2, 0) is 4.79 Å². The van der Waals surface area contributed by atoms with Crippen LogP contribution in [0.2, 0.25) is 0 Å². The van der Waals surface area contributed by atoms with Crippen molar-refractivity contribution in [2.45, 2.75) is 38.5 Å². The number of anilines is 1. The van der Waals surface area contributed by atoms with Crippen LogP contribution in [0.4, 0.5) is 11.4 Å². The van der Waals surface area contributed by atoms with E-state index in [-0.39, 0.29) is 17.3 Å². The Morgan fingerprint density at radius 3 is 2.63 bits per heavy atom. The third-order valence-corrected chi connectivity index (χ3v) is 3.57. The smallest absolute Gasteiger partial charge is 0.292 e. The fourth-order valence-corrected chi connectivity index (χ4v) is 2.59. The maximum atomic E-state index is 11.9. The topological polar surface area (TPSA) is 72.2 Å². The molecule has 0 unspecified atom stereocenters.